The van der Waals surface area contributed by atoms with Gasteiger partial charge in [0.1, 0.15) is 72.6 Å². The van der Waals surface area contributed by atoms with Gasteiger partial charge in [0.25, 0.3) is 0 Å². The van der Waals surface area contributed by atoms with E-state index in [0.29, 0.717) is 0 Å². The lowest BCUT2D eigenvalue weighted by molar-refractivity contribution is -0.157. The third-order valence-corrected chi connectivity index (χ3v) is 17.9. The van der Waals surface area contributed by atoms with Crippen molar-refractivity contribution in [2.24, 2.45) is 35.5 Å². The molecule has 2 fully saturated rings. The van der Waals surface area contributed by atoms with Crippen LogP contribution in [0.4, 0.5) is 4.79 Å². The number of rotatable bonds is 17. The smallest absolute Gasteiger partial charge is 0.410 e. The zero-order valence-corrected chi connectivity index (χ0v) is 60.0. The van der Waals surface area contributed by atoms with Gasteiger partial charge >= 0.3 is 6.09 Å². The molecule has 6 N–H and O–H groups in total. The number of nitrogens with zero attached hydrogens (tertiary/aromatic N) is 8. The van der Waals surface area contributed by atoms with E-state index in [4.69, 9.17) is 4.74 Å². The van der Waals surface area contributed by atoms with Crippen molar-refractivity contribution in [2.75, 3.05) is 68.5 Å². The number of amides is 12. The largest absolute Gasteiger partial charge is 0.444 e. The highest BCUT2D eigenvalue weighted by atomic mass is 16.6. The summed E-state index contributed by atoms with van der Waals surface area (Å²) in [7, 11) is 8.17. The van der Waals surface area contributed by atoms with Crippen LogP contribution in [0.2, 0.25) is 0 Å². The number of fused-ring (bicyclic) bond motifs is 1. The number of aliphatic hydroxyl groups is 2. The molecule has 2 aliphatic heterocycles. The summed E-state index contributed by atoms with van der Waals surface area (Å²) >= 11 is 0. The third kappa shape index (κ3) is 21.6. The van der Waals surface area contributed by atoms with Crippen molar-refractivity contribution in [1.29, 1.82) is 0 Å². The zero-order chi connectivity index (χ0) is 71.5. The van der Waals surface area contributed by atoms with E-state index in [1.807, 2.05) is 41.5 Å². The van der Waals surface area contributed by atoms with Gasteiger partial charge in [-0.25, -0.2) is 4.79 Å². The molecule has 0 aliphatic carbocycles. The van der Waals surface area contributed by atoms with Crippen molar-refractivity contribution in [1.82, 2.24) is 60.5 Å². The lowest BCUT2D eigenvalue weighted by atomic mass is 9.91. The molecular weight excluding hydrogens is 1200 g/mol. The van der Waals surface area contributed by atoms with Gasteiger partial charge in [-0.15, -0.1) is 0 Å². The highest BCUT2D eigenvalue weighted by molar-refractivity contribution is 6.00. The second-order valence-corrected chi connectivity index (χ2v) is 27.3. The first-order chi connectivity index (χ1) is 43.2. The summed E-state index contributed by atoms with van der Waals surface area (Å²) in [5.41, 5.74) is 0. The molecule has 0 spiro atoms. The molecule has 2 heterocycles. The highest BCUT2D eigenvalue weighted by Crippen LogP contribution is 2.28. The fourth-order valence-electron chi connectivity index (χ4n) is 12.0. The number of hydrogen-bond donors (Lipinski definition) is 6. The van der Waals surface area contributed by atoms with E-state index in [2.05, 4.69) is 21.3 Å². The molecule has 14 atom stereocenters. The van der Waals surface area contributed by atoms with Crippen LogP contribution in [0.25, 0.3) is 0 Å². The molecule has 12 amide bonds. The number of carbonyl (C=O) groups excluding carboxylic acids is 12. The van der Waals surface area contributed by atoms with Gasteiger partial charge in [-0.1, -0.05) is 95.2 Å². The minimum atomic E-state index is -1.72. The fraction of sp³-hybridized carbons (Fsp3) is 0.788. The van der Waals surface area contributed by atoms with E-state index in [1.165, 1.54) is 75.7 Å². The molecule has 2 saturated heterocycles. The summed E-state index contributed by atoms with van der Waals surface area (Å²) in [5.74, 6) is -11.2. The monoisotopic (exact) mass is 1320 g/mol. The fourth-order valence-corrected chi connectivity index (χ4v) is 12.0. The van der Waals surface area contributed by atoms with Crippen LogP contribution in [0.5, 0.6) is 0 Å². The lowest BCUT2D eigenvalue weighted by Gasteiger charge is -2.41. The summed E-state index contributed by atoms with van der Waals surface area (Å²) in [6, 6.07) is -15.2. The van der Waals surface area contributed by atoms with Crippen LogP contribution in [0.3, 0.4) is 0 Å². The molecule has 27 heteroatoms. The van der Waals surface area contributed by atoms with Gasteiger partial charge in [0.2, 0.25) is 65.0 Å². The maximum Gasteiger partial charge on any atom is 0.410 e. The highest BCUT2D eigenvalue weighted by Gasteiger charge is 2.49. The summed E-state index contributed by atoms with van der Waals surface area (Å²) < 4.78 is 5.89. The molecule has 0 aromatic carbocycles. The van der Waals surface area contributed by atoms with Gasteiger partial charge < -0.3 is 75.4 Å². The van der Waals surface area contributed by atoms with Crippen molar-refractivity contribution in [2.45, 2.75) is 235 Å². The molecule has 0 bridgehead atoms. The van der Waals surface area contributed by atoms with Gasteiger partial charge in [-0.3, -0.25) is 52.7 Å². The predicted molar refractivity (Wildman–Crippen MR) is 352 cm³/mol. The molecule has 2 rings (SSSR count). The molecule has 93 heavy (non-hydrogen) atoms. The number of likely N-dealkylation sites (N-methyl/N-ethyl adjacent to an activating group) is 6. The SMILES string of the molecule is C/C=C/C[C@@H](C)[C@@H](O)[C@H]1C(=O)N[C@@H](CC)C(=O)N2CC(OC(=O)N(CC)CC)C[C@@H]2C(=O)N(C)[C@@H](CO)C(=O)N[C@@H](C(C)C)C(=O)N(C)[C@@H](CC(C)C)C(=O)N[C@@H](C)C(=O)N[C@H](C)C(=O)N(C)[C@@H](CC(C)C)C(=O)N(C)[C@@H](CC(C)C)C(=O)N(C)[C@@H](C(C)C)C(=O)N1C. The lowest BCUT2D eigenvalue weighted by Crippen LogP contribution is -2.64. The second-order valence-electron chi connectivity index (χ2n) is 27.3. The quantitative estimate of drug-likeness (QED) is 0.114. The van der Waals surface area contributed by atoms with Gasteiger partial charge in [-0.2, -0.15) is 0 Å². The minimum Gasteiger partial charge on any atom is -0.444 e. The van der Waals surface area contributed by atoms with E-state index < -0.39 is 174 Å². The van der Waals surface area contributed by atoms with E-state index in [1.54, 1.807) is 74.5 Å². The Hall–Kier alpha value is -6.90. The molecule has 0 aromatic heterocycles. The molecule has 530 valence electrons. The van der Waals surface area contributed by atoms with E-state index in [0.717, 1.165) is 19.6 Å². The zero-order valence-electron chi connectivity index (χ0n) is 60.0. The van der Waals surface area contributed by atoms with Crippen LogP contribution < -0.4 is 21.3 Å². The van der Waals surface area contributed by atoms with Crippen LogP contribution in [-0.2, 0) is 57.5 Å². The molecule has 0 aromatic rings. The van der Waals surface area contributed by atoms with Crippen molar-refractivity contribution < 1.29 is 72.5 Å². The van der Waals surface area contributed by atoms with Crippen molar-refractivity contribution in [3.8, 4) is 0 Å². The number of nitrogens with one attached hydrogen (secondary N) is 4. The molecule has 2 aliphatic rings. The Morgan fingerprint density at radius 2 is 1.01 bits per heavy atom. The van der Waals surface area contributed by atoms with Crippen molar-refractivity contribution in [3.05, 3.63) is 12.2 Å². The normalized spacial score (nSPS) is 27.6. The Kier molecular flexibility index (Phi) is 32.9. The Morgan fingerprint density at radius 3 is 1.48 bits per heavy atom. The summed E-state index contributed by atoms with van der Waals surface area (Å²) in [6.07, 6.45) is 0.290. The standard InChI is InChI=1S/C66H116N12O15/c1-24-28-29-41(15)54(80)53-58(84)69-45(25-2)60(86)78-34-44(93-66(92)77(26-3)27-4)33-49(78)63(89)74(21)50(35-79)57(83)70-51(39(11)12)64(90)71(18)46(30-36(5)6)56(82)67-42(16)55(81)68-43(17)59(85)72(19)47(31-37(7)8)61(87)73(20)48(32-38(9)10)62(88)75(22)52(40(13)14)65(91)76(53)23/h24,28,36-54,79-80H,25-27,29-35H2,1-23H3,(H,67,82)(H,68,81)(H,69,84)(H,70,83)/b28-24+/t41-,42+,43-,44?,45+,46+,47+,48+,49-,50+,51+,52+,53+,54-/m1/s1. The van der Waals surface area contributed by atoms with Crippen molar-refractivity contribution >= 4 is 71.1 Å². The Morgan fingerprint density at radius 1 is 0.548 bits per heavy atom. The second kappa shape index (κ2) is 37.3. The van der Waals surface area contributed by atoms with Crippen LogP contribution in [-0.4, -0.2) is 268 Å². The van der Waals surface area contributed by atoms with E-state index >= 15 is 28.8 Å². The van der Waals surface area contributed by atoms with Gasteiger partial charge in [0.05, 0.1) is 19.3 Å². The Bertz CT molecular complexity index is 2610. The van der Waals surface area contributed by atoms with Crippen LogP contribution in [0, 0.1) is 35.5 Å². The first-order valence-corrected chi connectivity index (χ1v) is 33.2. The number of aliphatic hydroxyl groups excluding tert-OH is 2. The predicted octanol–water partition coefficient (Wildman–Crippen LogP) is 2.20. The maximum atomic E-state index is 15.3. The van der Waals surface area contributed by atoms with E-state index in [9.17, 15) is 39.0 Å². The van der Waals surface area contributed by atoms with Crippen LogP contribution >= 0.6 is 0 Å². The number of ether oxygens (including phenoxy) is 1. The Balaban J connectivity index is 3.10. The van der Waals surface area contributed by atoms with E-state index in [-0.39, 0.29) is 75.9 Å². The minimum absolute atomic E-state index is 0.0907. The van der Waals surface area contributed by atoms with Crippen LogP contribution in [0.1, 0.15) is 156 Å². The first kappa shape index (κ1) is 82.2. The van der Waals surface area contributed by atoms with Gasteiger partial charge in [-0.05, 0) is 102 Å². The molecule has 0 saturated carbocycles. The molecular formula is C66H116N12O15. The van der Waals surface area contributed by atoms with Crippen molar-refractivity contribution in [3.63, 3.8) is 0 Å². The average Bonchev–Trinajstić information content (AvgIpc) is 1.80. The topological polar surface area (TPSA) is 329 Å². The first-order valence-electron chi connectivity index (χ1n) is 33.2. The van der Waals surface area contributed by atoms with Gasteiger partial charge in [0.15, 0.2) is 0 Å². The summed E-state index contributed by atoms with van der Waals surface area (Å²) in [6.45, 7) is 28.3. The third-order valence-electron chi connectivity index (χ3n) is 17.9. The Labute approximate surface area is 553 Å². The summed E-state index contributed by atoms with van der Waals surface area (Å²) in [5, 5.41) is 33.9. The molecule has 0 radical (unpaired) electrons. The number of allylic oxidation sites excluding steroid dienone is 2. The molecule has 1 unspecified atom stereocenters. The maximum absolute atomic E-state index is 15.3. The number of carbonyl (C=O) groups is 12. The molecule has 27 nitrogen and oxygen atoms in total. The average molecular weight is 1320 g/mol. The summed E-state index contributed by atoms with van der Waals surface area (Å²) in [4.78, 5) is 186. The van der Waals surface area contributed by atoms with Gasteiger partial charge in [0, 0.05) is 61.8 Å². The van der Waals surface area contributed by atoms with Crippen LogP contribution in [0.15, 0.2) is 12.2 Å². The number of hydrogen-bond acceptors (Lipinski definition) is 15.